The lowest BCUT2D eigenvalue weighted by molar-refractivity contribution is -0.142. The summed E-state index contributed by atoms with van der Waals surface area (Å²) in [7, 11) is 0. The molecule has 0 saturated carbocycles. The van der Waals surface area contributed by atoms with E-state index in [1.165, 1.54) is 19.8 Å². The Bertz CT molecular complexity index is 139. The highest BCUT2D eigenvalue weighted by Crippen LogP contribution is 2.15. The van der Waals surface area contributed by atoms with E-state index in [4.69, 9.17) is 9.47 Å². The molecule has 0 spiro atoms. The van der Waals surface area contributed by atoms with E-state index in [2.05, 4.69) is 0 Å². The van der Waals surface area contributed by atoms with Crippen molar-refractivity contribution in [2.45, 2.75) is 38.7 Å². The van der Waals surface area contributed by atoms with Crippen molar-refractivity contribution in [3.05, 3.63) is 0 Å². The molecule has 1 atom stereocenters. The molecule has 12 heavy (non-hydrogen) atoms. The second-order valence-corrected chi connectivity index (χ2v) is 3.12. The molecule has 1 heterocycles. The van der Waals surface area contributed by atoms with E-state index in [-0.39, 0.29) is 5.97 Å². The van der Waals surface area contributed by atoms with Crippen molar-refractivity contribution >= 4 is 5.97 Å². The van der Waals surface area contributed by atoms with Gasteiger partial charge >= 0.3 is 5.97 Å². The molecular formula is C9H16O3. The Morgan fingerprint density at radius 3 is 3.00 bits per heavy atom. The maximum Gasteiger partial charge on any atom is 0.302 e. The van der Waals surface area contributed by atoms with Crippen LogP contribution in [0.15, 0.2) is 0 Å². The molecule has 3 nitrogen and oxygen atoms in total. The minimum absolute atomic E-state index is 0.203. The second kappa shape index (κ2) is 5.14. The molecule has 70 valence electrons. The van der Waals surface area contributed by atoms with Crippen molar-refractivity contribution in [3.8, 4) is 0 Å². The van der Waals surface area contributed by atoms with Gasteiger partial charge in [0.25, 0.3) is 0 Å². The molecule has 0 bridgehead atoms. The van der Waals surface area contributed by atoms with Crippen LogP contribution < -0.4 is 0 Å². The third-order valence-corrected chi connectivity index (χ3v) is 2.02. The summed E-state index contributed by atoms with van der Waals surface area (Å²) in [6, 6.07) is 0. The predicted octanol–water partition coefficient (Wildman–Crippen LogP) is 1.51. The van der Waals surface area contributed by atoms with Crippen LogP contribution in [0, 0.1) is 0 Å². The average Bonchev–Trinajstić information content (AvgIpc) is 2.05. The molecule has 3 heteroatoms. The van der Waals surface area contributed by atoms with Gasteiger partial charge in [0, 0.05) is 20.0 Å². The summed E-state index contributed by atoms with van der Waals surface area (Å²) in [6.07, 6.45) is 4.69. The van der Waals surface area contributed by atoms with Gasteiger partial charge in [-0.2, -0.15) is 0 Å². The van der Waals surface area contributed by atoms with Gasteiger partial charge in [0.15, 0.2) is 0 Å². The average molecular weight is 172 g/mol. The molecule has 0 unspecified atom stereocenters. The van der Waals surface area contributed by atoms with Crippen LogP contribution in [0.25, 0.3) is 0 Å². The Labute approximate surface area is 73.0 Å². The van der Waals surface area contributed by atoms with E-state index in [1.54, 1.807) is 0 Å². The van der Waals surface area contributed by atoms with Crippen molar-refractivity contribution in [2.24, 2.45) is 0 Å². The van der Waals surface area contributed by atoms with Crippen molar-refractivity contribution in [1.82, 2.24) is 0 Å². The van der Waals surface area contributed by atoms with E-state index in [0.717, 1.165) is 19.4 Å². The minimum Gasteiger partial charge on any atom is -0.466 e. The van der Waals surface area contributed by atoms with Gasteiger partial charge < -0.3 is 9.47 Å². The lowest BCUT2D eigenvalue weighted by Gasteiger charge is -2.21. The molecule has 1 saturated heterocycles. The SMILES string of the molecule is CC(=O)OCC[C@@H]1CCCCO1. The normalized spacial score (nSPS) is 23.6. The van der Waals surface area contributed by atoms with Gasteiger partial charge in [0.1, 0.15) is 0 Å². The Morgan fingerprint density at radius 1 is 1.58 bits per heavy atom. The topological polar surface area (TPSA) is 35.5 Å². The summed E-state index contributed by atoms with van der Waals surface area (Å²) >= 11 is 0. The van der Waals surface area contributed by atoms with Crippen molar-refractivity contribution in [2.75, 3.05) is 13.2 Å². The zero-order valence-electron chi connectivity index (χ0n) is 7.54. The Kier molecular flexibility index (Phi) is 4.08. The summed E-state index contributed by atoms with van der Waals surface area (Å²) in [5, 5.41) is 0. The molecule has 0 N–H and O–H groups in total. The summed E-state index contributed by atoms with van der Waals surface area (Å²) in [5.41, 5.74) is 0. The highest BCUT2D eigenvalue weighted by molar-refractivity contribution is 5.65. The predicted molar refractivity (Wildman–Crippen MR) is 44.8 cm³/mol. The van der Waals surface area contributed by atoms with E-state index in [9.17, 15) is 4.79 Å². The minimum atomic E-state index is -0.203. The van der Waals surface area contributed by atoms with Gasteiger partial charge in [-0.1, -0.05) is 0 Å². The van der Waals surface area contributed by atoms with Crippen molar-refractivity contribution in [3.63, 3.8) is 0 Å². The summed E-state index contributed by atoms with van der Waals surface area (Å²) in [5.74, 6) is -0.203. The van der Waals surface area contributed by atoms with Gasteiger partial charge in [-0.3, -0.25) is 4.79 Å². The fourth-order valence-electron chi connectivity index (χ4n) is 1.37. The first-order valence-electron chi connectivity index (χ1n) is 4.54. The molecule has 1 aliphatic heterocycles. The van der Waals surface area contributed by atoms with Crippen LogP contribution in [0.3, 0.4) is 0 Å². The van der Waals surface area contributed by atoms with Crippen LogP contribution in [0.4, 0.5) is 0 Å². The third-order valence-electron chi connectivity index (χ3n) is 2.02. The first-order chi connectivity index (χ1) is 5.79. The van der Waals surface area contributed by atoms with Gasteiger partial charge in [0.2, 0.25) is 0 Å². The number of ether oxygens (including phenoxy) is 2. The van der Waals surface area contributed by atoms with Gasteiger partial charge in [-0.15, -0.1) is 0 Å². The molecule has 1 rings (SSSR count). The number of hydrogen-bond donors (Lipinski definition) is 0. The van der Waals surface area contributed by atoms with Crippen LogP contribution in [0.1, 0.15) is 32.6 Å². The van der Waals surface area contributed by atoms with Gasteiger partial charge in [0.05, 0.1) is 12.7 Å². The van der Waals surface area contributed by atoms with E-state index in [0.29, 0.717) is 12.7 Å². The second-order valence-electron chi connectivity index (χ2n) is 3.12. The summed E-state index contributed by atoms with van der Waals surface area (Å²) in [4.78, 5) is 10.4. The fraction of sp³-hybridized carbons (Fsp3) is 0.889. The first kappa shape index (κ1) is 9.52. The molecule has 0 aromatic heterocycles. The van der Waals surface area contributed by atoms with Crippen LogP contribution in [0.2, 0.25) is 0 Å². The van der Waals surface area contributed by atoms with E-state index >= 15 is 0 Å². The standard InChI is InChI=1S/C9H16O3/c1-8(10)11-7-5-9-4-2-3-6-12-9/h9H,2-7H2,1H3/t9-/m0/s1. The summed E-state index contributed by atoms with van der Waals surface area (Å²) in [6.45, 7) is 2.80. The smallest absolute Gasteiger partial charge is 0.302 e. The Balaban J connectivity index is 2.01. The van der Waals surface area contributed by atoms with Gasteiger partial charge in [-0.05, 0) is 19.3 Å². The molecule has 0 aromatic rings. The number of esters is 1. The Morgan fingerprint density at radius 2 is 2.42 bits per heavy atom. The molecule has 0 aromatic carbocycles. The molecule has 1 fully saturated rings. The fourth-order valence-corrected chi connectivity index (χ4v) is 1.37. The van der Waals surface area contributed by atoms with Crippen LogP contribution in [0.5, 0.6) is 0 Å². The van der Waals surface area contributed by atoms with E-state index < -0.39 is 0 Å². The monoisotopic (exact) mass is 172 g/mol. The Hall–Kier alpha value is -0.570. The number of carbonyl (C=O) groups excluding carboxylic acids is 1. The zero-order valence-corrected chi connectivity index (χ0v) is 7.54. The van der Waals surface area contributed by atoms with Crippen LogP contribution in [-0.2, 0) is 14.3 Å². The first-order valence-corrected chi connectivity index (χ1v) is 4.54. The van der Waals surface area contributed by atoms with Crippen molar-refractivity contribution in [1.29, 1.82) is 0 Å². The molecule has 0 aliphatic carbocycles. The summed E-state index contributed by atoms with van der Waals surface area (Å²) < 4.78 is 10.3. The van der Waals surface area contributed by atoms with E-state index in [1.807, 2.05) is 0 Å². The largest absolute Gasteiger partial charge is 0.466 e. The number of carbonyl (C=O) groups is 1. The zero-order chi connectivity index (χ0) is 8.81. The quantitative estimate of drug-likeness (QED) is 0.605. The molecule has 1 aliphatic rings. The molecule has 0 amide bonds. The third kappa shape index (κ3) is 3.72. The maximum atomic E-state index is 10.4. The van der Waals surface area contributed by atoms with Crippen molar-refractivity contribution < 1.29 is 14.3 Å². The lowest BCUT2D eigenvalue weighted by atomic mass is 10.1. The lowest BCUT2D eigenvalue weighted by Crippen LogP contribution is -2.21. The maximum absolute atomic E-state index is 10.4. The molecule has 0 radical (unpaired) electrons. The van der Waals surface area contributed by atoms with Crippen LogP contribution >= 0.6 is 0 Å². The number of hydrogen-bond acceptors (Lipinski definition) is 3. The van der Waals surface area contributed by atoms with Gasteiger partial charge in [-0.25, -0.2) is 0 Å². The van der Waals surface area contributed by atoms with Crippen LogP contribution in [-0.4, -0.2) is 25.3 Å². The highest BCUT2D eigenvalue weighted by atomic mass is 16.5. The molecular weight excluding hydrogens is 156 g/mol. The highest BCUT2D eigenvalue weighted by Gasteiger charge is 2.13. The number of rotatable bonds is 3.